The third-order valence-corrected chi connectivity index (χ3v) is 2.41. The standard InChI is InChI=1S/C15H15O/c1-3-8-14(9-4-1)10-7-13-16-15-11-5-2-6-12-15/h1,3-6,8-9,11-12H,7,10,13H2. The van der Waals surface area contributed by atoms with Crippen molar-refractivity contribution < 1.29 is 4.74 Å². The molecule has 0 aromatic heterocycles. The molecule has 0 aliphatic carbocycles. The van der Waals surface area contributed by atoms with Crippen LogP contribution in [-0.2, 0) is 6.42 Å². The summed E-state index contributed by atoms with van der Waals surface area (Å²) >= 11 is 0. The van der Waals surface area contributed by atoms with Gasteiger partial charge in [0.25, 0.3) is 0 Å². The van der Waals surface area contributed by atoms with Crippen LogP contribution in [0.5, 0.6) is 5.75 Å². The summed E-state index contributed by atoms with van der Waals surface area (Å²) in [6, 6.07) is 21.1. The van der Waals surface area contributed by atoms with Crippen LogP contribution in [0.1, 0.15) is 12.0 Å². The third kappa shape index (κ3) is 3.43. The van der Waals surface area contributed by atoms with Crippen LogP contribution in [0.15, 0.2) is 54.6 Å². The molecule has 0 spiro atoms. The molecule has 2 rings (SSSR count). The summed E-state index contributed by atoms with van der Waals surface area (Å²) < 4.78 is 5.61. The van der Waals surface area contributed by atoms with Crippen molar-refractivity contribution in [2.24, 2.45) is 0 Å². The highest BCUT2D eigenvalue weighted by atomic mass is 16.5. The second-order valence-electron chi connectivity index (χ2n) is 3.67. The summed E-state index contributed by atoms with van der Waals surface area (Å²) in [6.07, 6.45) is 2.11. The lowest BCUT2D eigenvalue weighted by Gasteiger charge is -2.05. The monoisotopic (exact) mass is 211 g/mol. The number of rotatable bonds is 5. The summed E-state index contributed by atoms with van der Waals surface area (Å²) in [4.78, 5) is 0. The summed E-state index contributed by atoms with van der Waals surface area (Å²) in [5, 5.41) is 0. The molecule has 0 amide bonds. The van der Waals surface area contributed by atoms with Crippen molar-refractivity contribution >= 4 is 0 Å². The molecule has 0 saturated heterocycles. The second kappa shape index (κ2) is 5.96. The molecule has 81 valence electrons. The van der Waals surface area contributed by atoms with Crippen LogP contribution >= 0.6 is 0 Å². The van der Waals surface area contributed by atoms with E-state index in [0.717, 1.165) is 25.2 Å². The molecule has 2 aromatic rings. The zero-order chi connectivity index (χ0) is 11.1. The smallest absolute Gasteiger partial charge is 0.119 e. The van der Waals surface area contributed by atoms with Crippen LogP contribution in [0.25, 0.3) is 0 Å². The molecule has 0 bridgehead atoms. The zero-order valence-corrected chi connectivity index (χ0v) is 9.23. The van der Waals surface area contributed by atoms with E-state index in [2.05, 4.69) is 30.3 Å². The van der Waals surface area contributed by atoms with Crippen LogP contribution in [0, 0.1) is 6.07 Å². The van der Waals surface area contributed by atoms with E-state index in [9.17, 15) is 0 Å². The molecule has 0 N–H and O–H groups in total. The average molecular weight is 211 g/mol. The summed E-state index contributed by atoms with van der Waals surface area (Å²) in [5.41, 5.74) is 1.37. The first-order valence-corrected chi connectivity index (χ1v) is 5.58. The van der Waals surface area contributed by atoms with Gasteiger partial charge < -0.3 is 4.74 Å². The van der Waals surface area contributed by atoms with E-state index < -0.39 is 0 Å². The summed E-state index contributed by atoms with van der Waals surface area (Å²) in [5.74, 6) is 0.923. The zero-order valence-electron chi connectivity index (χ0n) is 9.23. The lowest BCUT2D eigenvalue weighted by atomic mass is 10.1. The lowest BCUT2D eigenvalue weighted by Crippen LogP contribution is -1.99. The Bertz CT molecular complexity index is 353. The Balaban J connectivity index is 1.70. The molecule has 0 saturated carbocycles. The third-order valence-electron chi connectivity index (χ3n) is 2.41. The van der Waals surface area contributed by atoms with Crippen LogP contribution in [-0.4, -0.2) is 6.61 Å². The molecule has 2 aromatic carbocycles. The van der Waals surface area contributed by atoms with Gasteiger partial charge in [0.2, 0.25) is 0 Å². The highest BCUT2D eigenvalue weighted by Crippen LogP contribution is 2.09. The van der Waals surface area contributed by atoms with Crippen LogP contribution in [0.3, 0.4) is 0 Å². The second-order valence-corrected chi connectivity index (χ2v) is 3.67. The normalized spacial score (nSPS) is 10.0. The SMILES string of the molecule is [c]1ccc(OCCCc2ccccc2)cc1. The highest BCUT2D eigenvalue weighted by Gasteiger charge is 1.93. The Morgan fingerprint density at radius 1 is 0.938 bits per heavy atom. The molecular formula is C15H15O. The average Bonchev–Trinajstić information content (AvgIpc) is 2.37. The maximum atomic E-state index is 5.61. The molecule has 1 nitrogen and oxygen atoms in total. The largest absolute Gasteiger partial charge is 0.494 e. The minimum Gasteiger partial charge on any atom is -0.494 e. The number of aryl methyl sites for hydroxylation is 1. The van der Waals surface area contributed by atoms with Crippen molar-refractivity contribution in [1.29, 1.82) is 0 Å². The fourth-order valence-electron chi connectivity index (χ4n) is 1.58. The van der Waals surface area contributed by atoms with Crippen LogP contribution < -0.4 is 4.74 Å². The topological polar surface area (TPSA) is 9.23 Å². The predicted octanol–water partition coefficient (Wildman–Crippen LogP) is 3.50. The molecule has 1 heteroatoms. The number of ether oxygens (including phenoxy) is 1. The molecule has 0 fully saturated rings. The van der Waals surface area contributed by atoms with Gasteiger partial charge in [0.15, 0.2) is 0 Å². The highest BCUT2D eigenvalue weighted by molar-refractivity contribution is 5.20. The maximum Gasteiger partial charge on any atom is 0.119 e. The molecule has 16 heavy (non-hydrogen) atoms. The van der Waals surface area contributed by atoms with Gasteiger partial charge in [-0.2, -0.15) is 0 Å². The van der Waals surface area contributed by atoms with Gasteiger partial charge in [-0.15, -0.1) is 0 Å². The molecule has 0 unspecified atom stereocenters. The molecule has 1 radical (unpaired) electrons. The summed E-state index contributed by atoms with van der Waals surface area (Å²) in [6.45, 7) is 0.763. The number of hydrogen-bond donors (Lipinski definition) is 0. The summed E-state index contributed by atoms with van der Waals surface area (Å²) in [7, 11) is 0. The van der Waals surface area contributed by atoms with E-state index >= 15 is 0 Å². The van der Waals surface area contributed by atoms with Gasteiger partial charge in [-0.05, 0) is 36.6 Å². The Hall–Kier alpha value is -1.76. The van der Waals surface area contributed by atoms with E-state index in [1.165, 1.54) is 5.56 Å². The van der Waals surface area contributed by atoms with Crippen molar-refractivity contribution in [3.8, 4) is 5.75 Å². The first-order chi connectivity index (χ1) is 7.95. The minimum atomic E-state index is 0.763. The Kier molecular flexibility index (Phi) is 4.00. The van der Waals surface area contributed by atoms with Gasteiger partial charge in [0, 0.05) is 0 Å². The number of hydrogen-bond acceptors (Lipinski definition) is 1. The molecular weight excluding hydrogens is 196 g/mol. The Labute approximate surface area is 96.7 Å². The predicted molar refractivity (Wildman–Crippen MR) is 65.5 cm³/mol. The number of benzene rings is 2. The first kappa shape index (κ1) is 10.7. The van der Waals surface area contributed by atoms with Crippen LogP contribution in [0.2, 0.25) is 0 Å². The first-order valence-electron chi connectivity index (χ1n) is 5.58. The molecule has 0 aliphatic rings. The molecule has 0 atom stereocenters. The maximum absolute atomic E-state index is 5.61. The van der Waals surface area contributed by atoms with E-state index in [1.54, 1.807) is 0 Å². The van der Waals surface area contributed by atoms with Gasteiger partial charge in [0.1, 0.15) is 5.75 Å². The van der Waals surface area contributed by atoms with Gasteiger partial charge >= 0.3 is 0 Å². The van der Waals surface area contributed by atoms with Crippen LogP contribution in [0.4, 0.5) is 0 Å². The fraction of sp³-hybridized carbons (Fsp3) is 0.200. The van der Waals surface area contributed by atoms with E-state index in [-0.39, 0.29) is 0 Å². The Morgan fingerprint density at radius 2 is 1.69 bits per heavy atom. The minimum absolute atomic E-state index is 0.763. The van der Waals surface area contributed by atoms with Gasteiger partial charge in [-0.3, -0.25) is 0 Å². The van der Waals surface area contributed by atoms with E-state index in [0.29, 0.717) is 0 Å². The quantitative estimate of drug-likeness (QED) is 0.688. The van der Waals surface area contributed by atoms with Crippen molar-refractivity contribution in [3.05, 3.63) is 66.2 Å². The van der Waals surface area contributed by atoms with Gasteiger partial charge in [0.05, 0.1) is 6.61 Å². The lowest BCUT2D eigenvalue weighted by molar-refractivity contribution is 0.311. The fourth-order valence-corrected chi connectivity index (χ4v) is 1.58. The van der Waals surface area contributed by atoms with E-state index in [1.807, 2.05) is 30.3 Å². The molecule has 0 aliphatic heterocycles. The Morgan fingerprint density at radius 3 is 2.44 bits per heavy atom. The van der Waals surface area contributed by atoms with Crippen molar-refractivity contribution in [1.82, 2.24) is 0 Å². The molecule has 0 heterocycles. The van der Waals surface area contributed by atoms with Gasteiger partial charge in [-0.25, -0.2) is 0 Å². The van der Waals surface area contributed by atoms with E-state index in [4.69, 9.17) is 4.74 Å². The van der Waals surface area contributed by atoms with Crippen molar-refractivity contribution in [2.75, 3.05) is 6.61 Å². The van der Waals surface area contributed by atoms with Crippen molar-refractivity contribution in [2.45, 2.75) is 12.8 Å². The van der Waals surface area contributed by atoms with Gasteiger partial charge in [-0.1, -0.05) is 42.5 Å². The van der Waals surface area contributed by atoms with Crippen molar-refractivity contribution in [3.63, 3.8) is 0 Å².